The van der Waals surface area contributed by atoms with Crippen LogP contribution in [-0.4, -0.2) is 9.55 Å². The molecular weight excluding hydrogens is 286 g/mol. The summed E-state index contributed by atoms with van der Waals surface area (Å²) in [6.07, 6.45) is -3.30. The van der Waals surface area contributed by atoms with Crippen LogP contribution in [0.5, 0.6) is 0 Å². The Hall–Kier alpha value is -2.05. The molecule has 0 saturated carbocycles. The minimum absolute atomic E-state index is 0.00255. The summed E-state index contributed by atoms with van der Waals surface area (Å²) in [5, 5.41) is 0. The molecule has 7 heteroatoms. The molecule has 0 aliphatic heterocycles. The Morgan fingerprint density at radius 2 is 1.76 bits per heavy atom. The van der Waals surface area contributed by atoms with E-state index in [0.717, 1.165) is 12.1 Å². The number of nitrogens with zero attached hydrogens (tertiary/aromatic N) is 2. The van der Waals surface area contributed by atoms with Crippen molar-refractivity contribution < 1.29 is 17.6 Å². The van der Waals surface area contributed by atoms with Gasteiger partial charge in [0.2, 0.25) is 0 Å². The Morgan fingerprint density at radius 3 is 2.24 bits per heavy atom. The SMILES string of the molecule is CC(C)(C)n1cnc(-c2ccc(F)cc2C(F)(F)F)c1N. The van der Waals surface area contributed by atoms with Gasteiger partial charge in [0.25, 0.3) is 0 Å². The molecule has 1 aromatic heterocycles. The van der Waals surface area contributed by atoms with Crippen molar-refractivity contribution in [2.75, 3.05) is 5.73 Å². The molecule has 2 aromatic rings. The second-order valence-electron chi connectivity index (χ2n) is 5.71. The first-order chi connectivity index (χ1) is 9.51. The maximum atomic E-state index is 13.1. The van der Waals surface area contributed by atoms with Crippen LogP contribution in [0.1, 0.15) is 26.3 Å². The second kappa shape index (κ2) is 4.75. The molecule has 0 atom stereocenters. The maximum absolute atomic E-state index is 13.1. The molecule has 0 unspecified atom stereocenters. The van der Waals surface area contributed by atoms with Gasteiger partial charge in [0.1, 0.15) is 17.3 Å². The number of hydrogen-bond donors (Lipinski definition) is 1. The Bertz CT molecular complexity index is 666. The maximum Gasteiger partial charge on any atom is 0.417 e. The summed E-state index contributed by atoms with van der Waals surface area (Å²) >= 11 is 0. The summed E-state index contributed by atoms with van der Waals surface area (Å²) < 4.78 is 53.8. The number of halogens is 4. The van der Waals surface area contributed by atoms with Crippen LogP contribution in [0.2, 0.25) is 0 Å². The smallest absolute Gasteiger partial charge is 0.383 e. The van der Waals surface area contributed by atoms with E-state index in [2.05, 4.69) is 4.98 Å². The van der Waals surface area contributed by atoms with Crippen LogP contribution >= 0.6 is 0 Å². The second-order valence-corrected chi connectivity index (χ2v) is 5.71. The van der Waals surface area contributed by atoms with E-state index in [0.29, 0.717) is 6.07 Å². The average Bonchev–Trinajstić information content (AvgIpc) is 2.69. The van der Waals surface area contributed by atoms with Gasteiger partial charge in [-0.15, -0.1) is 0 Å². The molecule has 0 fully saturated rings. The highest BCUT2D eigenvalue weighted by molar-refractivity contribution is 5.74. The number of nitrogens with two attached hydrogens (primary N) is 1. The first-order valence-electron chi connectivity index (χ1n) is 6.22. The lowest BCUT2D eigenvalue weighted by Gasteiger charge is -2.22. The summed E-state index contributed by atoms with van der Waals surface area (Å²) in [6, 6.07) is 2.45. The van der Waals surface area contributed by atoms with Gasteiger partial charge in [-0.2, -0.15) is 13.2 Å². The molecular formula is C14H15F4N3. The number of benzene rings is 1. The van der Waals surface area contributed by atoms with Crippen molar-refractivity contribution in [1.82, 2.24) is 9.55 Å². The van der Waals surface area contributed by atoms with Gasteiger partial charge in [0.15, 0.2) is 0 Å². The van der Waals surface area contributed by atoms with Crippen molar-refractivity contribution in [3.05, 3.63) is 35.9 Å². The van der Waals surface area contributed by atoms with E-state index in [1.54, 1.807) is 4.57 Å². The summed E-state index contributed by atoms with van der Waals surface area (Å²) in [4.78, 5) is 3.97. The summed E-state index contributed by atoms with van der Waals surface area (Å²) in [6.45, 7) is 5.55. The van der Waals surface area contributed by atoms with Gasteiger partial charge in [-0.3, -0.25) is 0 Å². The van der Waals surface area contributed by atoms with Crippen molar-refractivity contribution in [2.45, 2.75) is 32.5 Å². The number of anilines is 1. The van der Waals surface area contributed by atoms with Crippen LogP contribution in [0.25, 0.3) is 11.3 Å². The molecule has 0 bridgehead atoms. The Kier molecular flexibility index (Phi) is 3.47. The lowest BCUT2D eigenvalue weighted by molar-refractivity contribution is -0.137. The van der Waals surface area contributed by atoms with Gasteiger partial charge in [-0.25, -0.2) is 9.37 Å². The average molecular weight is 301 g/mol. The van der Waals surface area contributed by atoms with Crippen molar-refractivity contribution >= 4 is 5.82 Å². The zero-order chi connectivity index (χ0) is 16.0. The lowest BCUT2D eigenvalue weighted by atomic mass is 10.0. The molecule has 2 rings (SSSR count). The first kappa shape index (κ1) is 15.3. The molecule has 0 radical (unpaired) electrons. The van der Waals surface area contributed by atoms with Gasteiger partial charge >= 0.3 is 6.18 Å². The zero-order valence-corrected chi connectivity index (χ0v) is 11.8. The van der Waals surface area contributed by atoms with Crippen molar-refractivity contribution in [3.8, 4) is 11.3 Å². The summed E-state index contributed by atoms with van der Waals surface area (Å²) in [5.41, 5.74) is 4.16. The quantitative estimate of drug-likeness (QED) is 0.808. The van der Waals surface area contributed by atoms with E-state index >= 15 is 0 Å². The Balaban J connectivity index is 2.66. The monoisotopic (exact) mass is 301 g/mol. The van der Waals surface area contributed by atoms with Gasteiger partial charge in [0.05, 0.1) is 11.9 Å². The van der Waals surface area contributed by atoms with Crippen LogP contribution in [0.3, 0.4) is 0 Å². The number of nitrogen functional groups attached to an aromatic ring is 1. The van der Waals surface area contributed by atoms with Gasteiger partial charge < -0.3 is 10.3 Å². The minimum Gasteiger partial charge on any atom is -0.383 e. The number of alkyl halides is 3. The molecule has 114 valence electrons. The molecule has 0 spiro atoms. The molecule has 0 aliphatic rings. The van der Waals surface area contributed by atoms with Crippen LogP contribution in [-0.2, 0) is 11.7 Å². The molecule has 0 amide bonds. The van der Waals surface area contributed by atoms with E-state index in [1.807, 2.05) is 20.8 Å². The highest BCUT2D eigenvalue weighted by Crippen LogP contribution is 2.39. The standard InChI is InChI=1S/C14H15F4N3/c1-13(2,3)21-7-20-11(12(21)19)9-5-4-8(15)6-10(9)14(16,17)18/h4-7H,19H2,1-3H3. The van der Waals surface area contributed by atoms with Crippen LogP contribution < -0.4 is 5.73 Å². The molecule has 3 nitrogen and oxygen atoms in total. The van der Waals surface area contributed by atoms with E-state index in [4.69, 9.17) is 5.73 Å². The third-order valence-corrected chi connectivity index (χ3v) is 3.07. The Morgan fingerprint density at radius 1 is 1.14 bits per heavy atom. The minimum atomic E-state index is -4.69. The largest absolute Gasteiger partial charge is 0.417 e. The van der Waals surface area contributed by atoms with E-state index in [9.17, 15) is 17.6 Å². The lowest BCUT2D eigenvalue weighted by Crippen LogP contribution is -2.22. The van der Waals surface area contributed by atoms with Crippen molar-refractivity contribution in [1.29, 1.82) is 0 Å². The highest BCUT2D eigenvalue weighted by Gasteiger charge is 2.35. The zero-order valence-electron chi connectivity index (χ0n) is 11.8. The third kappa shape index (κ3) is 2.86. The summed E-state index contributed by atoms with van der Waals surface area (Å²) in [7, 11) is 0. The fourth-order valence-corrected chi connectivity index (χ4v) is 2.06. The van der Waals surface area contributed by atoms with Gasteiger partial charge in [-0.05, 0) is 39.0 Å². The predicted molar refractivity (Wildman–Crippen MR) is 72.0 cm³/mol. The fourth-order valence-electron chi connectivity index (χ4n) is 2.06. The van der Waals surface area contributed by atoms with Gasteiger partial charge in [0, 0.05) is 11.1 Å². The third-order valence-electron chi connectivity index (χ3n) is 3.07. The van der Waals surface area contributed by atoms with E-state index in [1.165, 1.54) is 6.33 Å². The molecule has 21 heavy (non-hydrogen) atoms. The highest BCUT2D eigenvalue weighted by atomic mass is 19.4. The van der Waals surface area contributed by atoms with Crippen molar-refractivity contribution in [3.63, 3.8) is 0 Å². The molecule has 2 N–H and O–H groups in total. The number of hydrogen-bond acceptors (Lipinski definition) is 2. The predicted octanol–water partition coefficient (Wildman–Crippen LogP) is 4.05. The normalized spacial score (nSPS) is 12.7. The molecule has 0 aliphatic carbocycles. The molecule has 1 aromatic carbocycles. The van der Waals surface area contributed by atoms with Gasteiger partial charge in [-0.1, -0.05) is 0 Å². The number of rotatable bonds is 1. The summed E-state index contributed by atoms with van der Waals surface area (Å²) in [5.74, 6) is -0.848. The Labute approximate surface area is 119 Å². The first-order valence-corrected chi connectivity index (χ1v) is 6.22. The van der Waals surface area contributed by atoms with E-state index < -0.39 is 23.1 Å². The topological polar surface area (TPSA) is 43.8 Å². The van der Waals surface area contributed by atoms with Crippen molar-refractivity contribution in [2.24, 2.45) is 0 Å². The van der Waals surface area contributed by atoms with E-state index in [-0.39, 0.29) is 17.1 Å². The molecule has 1 heterocycles. The van der Waals surface area contributed by atoms with Crippen LogP contribution in [0, 0.1) is 5.82 Å². The number of aromatic nitrogens is 2. The fraction of sp³-hybridized carbons (Fsp3) is 0.357. The number of imidazole rings is 1. The van der Waals surface area contributed by atoms with Crippen LogP contribution in [0.15, 0.2) is 24.5 Å². The van der Waals surface area contributed by atoms with Crippen LogP contribution in [0.4, 0.5) is 23.4 Å². The molecule has 0 saturated heterocycles.